The van der Waals surface area contributed by atoms with Crippen LogP contribution in [0.15, 0.2) is 42.7 Å². The zero-order chi connectivity index (χ0) is 11.5. The Hall–Kier alpha value is -1.90. The molecule has 0 aromatic heterocycles. The number of ether oxygens (including phenoxy) is 1. The van der Waals surface area contributed by atoms with Crippen molar-refractivity contribution in [3.8, 4) is 0 Å². The molecule has 0 saturated heterocycles. The van der Waals surface area contributed by atoms with Gasteiger partial charge in [-0.2, -0.15) is 0 Å². The van der Waals surface area contributed by atoms with Crippen LogP contribution in [-0.4, -0.2) is 11.8 Å². The Labute approximate surface area is 93.7 Å². The summed E-state index contributed by atoms with van der Waals surface area (Å²) in [6.45, 7) is 3.49. The SMILES string of the molecule is C=C(OC(=O)c1ccccc1)C(=O)C1CC1. The van der Waals surface area contributed by atoms with Gasteiger partial charge in [0.25, 0.3) is 0 Å². The maximum Gasteiger partial charge on any atom is 0.343 e. The predicted octanol–water partition coefficient (Wildman–Crippen LogP) is 2.34. The maximum atomic E-state index is 11.6. The van der Waals surface area contributed by atoms with Gasteiger partial charge in [-0.15, -0.1) is 0 Å². The van der Waals surface area contributed by atoms with Crippen LogP contribution in [-0.2, 0) is 9.53 Å². The second kappa shape index (κ2) is 4.31. The van der Waals surface area contributed by atoms with Crippen LogP contribution in [0.2, 0.25) is 0 Å². The van der Waals surface area contributed by atoms with E-state index in [2.05, 4.69) is 6.58 Å². The van der Waals surface area contributed by atoms with Crippen molar-refractivity contribution >= 4 is 11.8 Å². The molecular formula is C13H12O3. The van der Waals surface area contributed by atoms with Crippen molar-refractivity contribution in [3.05, 3.63) is 48.2 Å². The van der Waals surface area contributed by atoms with Crippen LogP contribution in [0.25, 0.3) is 0 Å². The first-order valence-electron chi connectivity index (χ1n) is 5.19. The molecule has 3 heteroatoms. The molecule has 16 heavy (non-hydrogen) atoms. The largest absolute Gasteiger partial charge is 0.420 e. The highest BCUT2D eigenvalue weighted by Crippen LogP contribution is 2.32. The molecule has 0 amide bonds. The average Bonchev–Trinajstić information content (AvgIpc) is 3.13. The van der Waals surface area contributed by atoms with Gasteiger partial charge in [-0.05, 0) is 25.0 Å². The molecule has 82 valence electrons. The van der Waals surface area contributed by atoms with Gasteiger partial charge in [0, 0.05) is 5.92 Å². The third-order valence-electron chi connectivity index (χ3n) is 2.45. The number of hydrogen-bond acceptors (Lipinski definition) is 3. The summed E-state index contributed by atoms with van der Waals surface area (Å²) in [6, 6.07) is 8.56. The Morgan fingerprint density at radius 2 is 1.81 bits per heavy atom. The summed E-state index contributed by atoms with van der Waals surface area (Å²) in [5.41, 5.74) is 0.423. The fourth-order valence-corrected chi connectivity index (χ4v) is 1.37. The van der Waals surface area contributed by atoms with Gasteiger partial charge < -0.3 is 4.74 Å². The number of ketones is 1. The molecule has 1 aromatic carbocycles. The molecule has 1 aromatic rings. The standard InChI is InChI=1S/C13H12O3/c1-9(12(14)10-7-8-10)16-13(15)11-5-3-2-4-6-11/h2-6,10H,1,7-8H2. The molecule has 0 spiro atoms. The van der Waals surface area contributed by atoms with E-state index in [-0.39, 0.29) is 17.5 Å². The van der Waals surface area contributed by atoms with E-state index in [1.54, 1.807) is 30.3 Å². The Morgan fingerprint density at radius 3 is 2.38 bits per heavy atom. The first-order valence-corrected chi connectivity index (χ1v) is 5.19. The molecule has 0 bridgehead atoms. The van der Waals surface area contributed by atoms with Crippen LogP contribution in [0, 0.1) is 5.92 Å². The van der Waals surface area contributed by atoms with Gasteiger partial charge in [-0.25, -0.2) is 4.79 Å². The Kier molecular flexibility index (Phi) is 2.86. The van der Waals surface area contributed by atoms with Gasteiger partial charge >= 0.3 is 5.97 Å². The summed E-state index contributed by atoms with van der Waals surface area (Å²) < 4.78 is 4.92. The fraction of sp³-hybridized carbons (Fsp3) is 0.231. The summed E-state index contributed by atoms with van der Waals surface area (Å²) in [4.78, 5) is 23.1. The van der Waals surface area contributed by atoms with Crippen molar-refractivity contribution in [2.45, 2.75) is 12.8 Å². The molecule has 0 radical (unpaired) electrons. The summed E-state index contributed by atoms with van der Waals surface area (Å²) in [7, 11) is 0. The number of rotatable bonds is 4. The van der Waals surface area contributed by atoms with E-state index in [1.165, 1.54) is 0 Å². The quantitative estimate of drug-likeness (QED) is 0.440. The van der Waals surface area contributed by atoms with E-state index in [9.17, 15) is 9.59 Å². The minimum absolute atomic E-state index is 0.0241. The van der Waals surface area contributed by atoms with Gasteiger partial charge in [0.15, 0.2) is 5.76 Å². The van der Waals surface area contributed by atoms with Crippen molar-refractivity contribution < 1.29 is 14.3 Å². The molecule has 1 aliphatic rings. The van der Waals surface area contributed by atoms with Gasteiger partial charge in [-0.3, -0.25) is 4.79 Å². The molecule has 0 N–H and O–H groups in total. The number of carbonyl (C=O) groups is 2. The first-order chi connectivity index (χ1) is 7.68. The molecule has 0 heterocycles. The second-order valence-corrected chi connectivity index (χ2v) is 3.82. The Morgan fingerprint density at radius 1 is 1.19 bits per heavy atom. The molecule has 0 aliphatic heterocycles. The lowest BCUT2D eigenvalue weighted by atomic mass is 10.2. The number of esters is 1. The number of carbonyl (C=O) groups excluding carboxylic acids is 2. The molecule has 0 atom stereocenters. The van der Waals surface area contributed by atoms with E-state index < -0.39 is 5.97 Å². The van der Waals surface area contributed by atoms with E-state index in [0.717, 1.165) is 12.8 Å². The van der Waals surface area contributed by atoms with Gasteiger partial charge in [0.05, 0.1) is 5.56 Å². The minimum atomic E-state index is -0.528. The summed E-state index contributed by atoms with van der Waals surface area (Å²) in [5, 5.41) is 0. The van der Waals surface area contributed by atoms with Crippen molar-refractivity contribution in [3.63, 3.8) is 0 Å². The highest BCUT2D eigenvalue weighted by Gasteiger charge is 2.32. The Balaban J connectivity index is 1.97. The van der Waals surface area contributed by atoms with Crippen molar-refractivity contribution in [2.75, 3.05) is 0 Å². The molecule has 1 aliphatic carbocycles. The zero-order valence-electron chi connectivity index (χ0n) is 8.81. The van der Waals surface area contributed by atoms with E-state index in [4.69, 9.17) is 4.74 Å². The number of hydrogen-bond donors (Lipinski definition) is 0. The van der Waals surface area contributed by atoms with Crippen molar-refractivity contribution in [2.24, 2.45) is 5.92 Å². The highest BCUT2D eigenvalue weighted by molar-refractivity contribution is 6.00. The van der Waals surface area contributed by atoms with Crippen LogP contribution in [0.5, 0.6) is 0 Å². The minimum Gasteiger partial charge on any atom is -0.420 e. The van der Waals surface area contributed by atoms with Crippen LogP contribution < -0.4 is 0 Å². The fourth-order valence-electron chi connectivity index (χ4n) is 1.37. The van der Waals surface area contributed by atoms with Gasteiger partial charge in [0.1, 0.15) is 0 Å². The van der Waals surface area contributed by atoms with E-state index >= 15 is 0 Å². The molecule has 2 rings (SSSR count). The highest BCUT2D eigenvalue weighted by atomic mass is 16.5. The third-order valence-corrected chi connectivity index (χ3v) is 2.45. The van der Waals surface area contributed by atoms with Crippen LogP contribution in [0.4, 0.5) is 0 Å². The molecular weight excluding hydrogens is 204 g/mol. The van der Waals surface area contributed by atoms with E-state index in [0.29, 0.717) is 5.56 Å². The molecule has 1 saturated carbocycles. The molecule has 0 unspecified atom stereocenters. The first kappa shape index (κ1) is 10.6. The maximum absolute atomic E-state index is 11.6. The Bertz CT molecular complexity index is 430. The van der Waals surface area contributed by atoms with Crippen molar-refractivity contribution in [1.29, 1.82) is 0 Å². The van der Waals surface area contributed by atoms with Crippen LogP contribution in [0.1, 0.15) is 23.2 Å². The summed E-state index contributed by atoms with van der Waals surface area (Å²) >= 11 is 0. The number of benzene rings is 1. The smallest absolute Gasteiger partial charge is 0.343 e. The summed E-state index contributed by atoms with van der Waals surface area (Å²) in [6.07, 6.45) is 1.75. The van der Waals surface area contributed by atoms with E-state index in [1.807, 2.05) is 0 Å². The molecule has 3 nitrogen and oxygen atoms in total. The summed E-state index contributed by atoms with van der Waals surface area (Å²) in [5.74, 6) is -0.698. The van der Waals surface area contributed by atoms with Crippen LogP contribution >= 0.6 is 0 Å². The normalized spacial score (nSPS) is 14.2. The topological polar surface area (TPSA) is 43.4 Å². The molecule has 1 fully saturated rings. The van der Waals surface area contributed by atoms with Gasteiger partial charge in [0.2, 0.25) is 5.78 Å². The van der Waals surface area contributed by atoms with Crippen molar-refractivity contribution in [1.82, 2.24) is 0 Å². The lowest BCUT2D eigenvalue weighted by Crippen LogP contribution is -2.12. The average molecular weight is 216 g/mol. The predicted molar refractivity (Wildman–Crippen MR) is 58.7 cm³/mol. The van der Waals surface area contributed by atoms with Crippen LogP contribution in [0.3, 0.4) is 0 Å². The lowest BCUT2D eigenvalue weighted by molar-refractivity contribution is -0.119. The lowest BCUT2D eigenvalue weighted by Gasteiger charge is -2.05. The number of allylic oxidation sites excluding steroid dienone is 1. The van der Waals surface area contributed by atoms with Gasteiger partial charge in [-0.1, -0.05) is 24.8 Å². The third kappa shape index (κ3) is 2.37. The number of Topliss-reactive ketones (excluding diaryl/α,β-unsaturated/α-hetero) is 1. The zero-order valence-corrected chi connectivity index (χ0v) is 8.81. The monoisotopic (exact) mass is 216 g/mol. The second-order valence-electron chi connectivity index (χ2n) is 3.82.